The van der Waals surface area contributed by atoms with Gasteiger partial charge in [0.05, 0.1) is 0 Å². The average Bonchev–Trinajstić information content (AvgIpc) is 2.86. The van der Waals surface area contributed by atoms with Crippen LogP contribution in [0.3, 0.4) is 0 Å². The Morgan fingerprint density at radius 1 is 1.05 bits per heavy atom. The van der Waals surface area contributed by atoms with Gasteiger partial charge < -0.3 is 5.73 Å². The van der Waals surface area contributed by atoms with Crippen molar-refractivity contribution < 1.29 is 0 Å². The minimum Gasteiger partial charge on any atom is -0.329 e. The normalized spacial score (nSPS) is 36.4. The highest BCUT2D eigenvalue weighted by Gasteiger charge is 2.38. The molecule has 0 aromatic rings. The summed E-state index contributed by atoms with van der Waals surface area (Å²) in [6, 6.07) is 0. The van der Waals surface area contributed by atoms with E-state index in [2.05, 4.69) is 25.7 Å². The van der Waals surface area contributed by atoms with Crippen LogP contribution in [0.2, 0.25) is 0 Å². The fourth-order valence-corrected chi connectivity index (χ4v) is 4.78. The first kappa shape index (κ1) is 17.3. The highest BCUT2D eigenvalue weighted by molar-refractivity contribution is 4.95. The first-order valence-electron chi connectivity index (χ1n) is 9.56. The molecule has 2 nitrogen and oxygen atoms in total. The van der Waals surface area contributed by atoms with Crippen LogP contribution in [0.25, 0.3) is 0 Å². The van der Waals surface area contributed by atoms with Gasteiger partial charge in [0.2, 0.25) is 0 Å². The molecule has 0 bridgehead atoms. The molecule has 1 aliphatic carbocycles. The van der Waals surface area contributed by atoms with Crippen LogP contribution < -0.4 is 5.73 Å². The lowest BCUT2D eigenvalue weighted by Crippen LogP contribution is -2.54. The zero-order chi connectivity index (χ0) is 15.3. The minimum absolute atomic E-state index is 0.329. The summed E-state index contributed by atoms with van der Waals surface area (Å²) in [6.07, 6.45) is 12.4. The number of hydrogen-bond donors (Lipinski definition) is 1. The maximum atomic E-state index is 6.33. The van der Waals surface area contributed by atoms with Gasteiger partial charge in [-0.05, 0) is 69.4 Å². The van der Waals surface area contributed by atoms with E-state index in [1.54, 1.807) is 0 Å². The van der Waals surface area contributed by atoms with Gasteiger partial charge in [-0.15, -0.1) is 0 Å². The number of hydrogen-bond acceptors (Lipinski definition) is 2. The van der Waals surface area contributed by atoms with E-state index in [0.29, 0.717) is 5.54 Å². The van der Waals surface area contributed by atoms with Gasteiger partial charge in [0, 0.05) is 12.1 Å². The largest absolute Gasteiger partial charge is 0.329 e. The summed E-state index contributed by atoms with van der Waals surface area (Å²) in [5.74, 6) is 2.73. The number of nitrogens with two attached hydrogens (primary N) is 1. The Balaban J connectivity index is 2.02. The minimum atomic E-state index is 0.329. The third kappa shape index (κ3) is 4.22. The molecule has 2 rings (SSSR count). The van der Waals surface area contributed by atoms with Crippen LogP contribution in [0.15, 0.2) is 0 Å². The predicted molar refractivity (Wildman–Crippen MR) is 92.4 cm³/mol. The molecule has 0 amide bonds. The lowest BCUT2D eigenvalue weighted by Gasteiger charge is -2.43. The summed E-state index contributed by atoms with van der Waals surface area (Å²) in [5, 5.41) is 0. The molecule has 0 radical (unpaired) electrons. The molecule has 1 heterocycles. The van der Waals surface area contributed by atoms with Crippen molar-refractivity contribution in [3.8, 4) is 0 Å². The van der Waals surface area contributed by atoms with E-state index in [1.165, 1.54) is 70.9 Å². The standard InChI is InChI=1S/C19H38N2/c1-4-17-7-5-11-19(15-20,12-9-17)21-13-6-8-18(10-14-21)16(2)3/h16-18H,4-15,20H2,1-3H3. The van der Waals surface area contributed by atoms with Crippen molar-refractivity contribution in [2.45, 2.75) is 84.1 Å². The fourth-order valence-electron chi connectivity index (χ4n) is 4.78. The molecule has 0 aromatic carbocycles. The summed E-state index contributed by atoms with van der Waals surface area (Å²) >= 11 is 0. The summed E-state index contributed by atoms with van der Waals surface area (Å²) in [5.41, 5.74) is 6.66. The van der Waals surface area contributed by atoms with E-state index in [0.717, 1.165) is 24.3 Å². The Hall–Kier alpha value is -0.0800. The summed E-state index contributed by atoms with van der Waals surface area (Å²) in [7, 11) is 0. The number of rotatable bonds is 4. The highest BCUT2D eigenvalue weighted by Crippen LogP contribution is 2.37. The van der Waals surface area contributed by atoms with Gasteiger partial charge in [0.1, 0.15) is 0 Å². The zero-order valence-electron chi connectivity index (χ0n) is 14.7. The summed E-state index contributed by atoms with van der Waals surface area (Å²) in [6.45, 7) is 10.6. The molecule has 21 heavy (non-hydrogen) atoms. The Labute approximate surface area is 132 Å². The third-order valence-electron chi connectivity index (χ3n) is 6.62. The predicted octanol–water partition coefficient (Wildman–Crippen LogP) is 4.43. The van der Waals surface area contributed by atoms with Crippen molar-refractivity contribution in [2.24, 2.45) is 23.5 Å². The average molecular weight is 295 g/mol. The van der Waals surface area contributed by atoms with Crippen molar-refractivity contribution >= 4 is 0 Å². The zero-order valence-corrected chi connectivity index (χ0v) is 14.7. The smallest absolute Gasteiger partial charge is 0.0331 e. The van der Waals surface area contributed by atoms with Crippen molar-refractivity contribution in [3.63, 3.8) is 0 Å². The van der Waals surface area contributed by atoms with Crippen LogP contribution in [-0.2, 0) is 0 Å². The lowest BCUT2D eigenvalue weighted by atomic mass is 9.86. The number of likely N-dealkylation sites (tertiary alicyclic amines) is 1. The molecule has 1 saturated heterocycles. The monoisotopic (exact) mass is 294 g/mol. The molecule has 1 aliphatic heterocycles. The van der Waals surface area contributed by atoms with E-state index < -0.39 is 0 Å². The van der Waals surface area contributed by atoms with Crippen LogP contribution in [0.5, 0.6) is 0 Å². The Morgan fingerprint density at radius 2 is 1.86 bits per heavy atom. The lowest BCUT2D eigenvalue weighted by molar-refractivity contribution is 0.0785. The second-order valence-corrected chi connectivity index (χ2v) is 8.06. The first-order chi connectivity index (χ1) is 10.1. The van der Waals surface area contributed by atoms with Gasteiger partial charge in [-0.3, -0.25) is 4.90 Å². The maximum absolute atomic E-state index is 6.33. The van der Waals surface area contributed by atoms with Crippen LogP contribution in [0.4, 0.5) is 0 Å². The topological polar surface area (TPSA) is 29.3 Å². The van der Waals surface area contributed by atoms with Gasteiger partial charge >= 0.3 is 0 Å². The van der Waals surface area contributed by atoms with Crippen molar-refractivity contribution in [1.82, 2.24) is 4.90 Å². The van der Waals surface area contributed by atoms with Crippen molar-refractivity contribution in [2.75, 3.05) is 19.6 Å². The van der Waals surface area contributed by atoms with Gasteiger partial charge in [-0.25, -0.2) is 0 Å². The fraction of sp³-hybridized carbons (Fsp3) is 1.00. The van der Waals surface area contributed by atoms with E-state index in [9.17, 15) is 0 Å². The molecule has 0 spiro atoms. The molecular weight excluding hydrogens is 256 g/mol. The second kappa shape index (κ2) is 7.97. The molecule has 2 heteroatoms. The van der Waals surface area contributed by atoms with Crippen molar-refractivity contribution in [1.29, 1.82) is 0 Å². The molecule has 1 saturated carbocycles. The van der Waals surface area contributed by atoms with Gasteiger partial charge in [-0.1, -0.05) is 40.0 Å². The van der Waals surface area contributed by atoms with Crippen LogP contribution in [0.1, 0.15) is 78.6 Å². The molecule has 2 N–H and O–H groups in total. The second-order valence-electron chi connectivity index (χ2n) is 8.06. The van der Waals surface area contributed by atoms with E-state index in [-0.39, 0.29) is 0 Å². The molecular formula is C19H38N2. The molecule has 2 aliphatic rings. The number of nitrogens with zero attached hydrogens (tertiary/aromatic N) is 1. The first-order valence-corrected chi connectivity index (χ1v) is 9.56. The Bertz CT molecular complexity index is 302. The van der Waals surface area contributed by atoms with E-state index in [4.69, 9.17) is 5.73 Å². The molecule has 2 fully saturated rings. The Morgan fingerprint density at radius 3 is 2.52 bits per heavy atom. The van der Waals surface area contributed by atoms with Crippen LogP contribution >= 0.6 is 0 Å². The molecule has 3 unspecified atom stereocenters. The molecule has 0 aromatic heterocycles. The van der Waals surface area contributed by atoms with Gasteiger partial charge in [0.25, 0.3) is 0 Å². The SMILES string of the molecule is CCC1CCCC(CN)(N2CCCC(C(C)C)CC2)CC1. The molecule has 124 valence electrons. The summed E-state index contributed by atoms with van der Waals surface area (Å²) in [4.78, 5) is 2.81. The highest BCUT2D eigenvalue weighted by atomic mass is 15.2. The van der Waals surface area contributed by atoms with Crippen molar-refractivity contribution in [3.05, 3.63) is 0 Å². The van der Waals surface area contributed by atoms with Gasteiger partial charge in [-0.2, -0.15) is 0 Å². The quantitative estimate of drug-likeness (QED) is 0.777. The maximum Gasteiger partial charge on any atom is 0.0331 e. The molecule has 3 atom stereocenters. The van der Waals surface area contributed by atoms with Crippen LogP contribution in [-0.4, -0.2) is 30.1 Å². The van der Waals surface area contributed by atoms with Crippen LogP contribution in [0, 0.1) is 17.8 Å². The third-order valence-corrected chi connectivity index (χ3v) is 6.62. The summed E-state index contributed by atoms with van der Waals surface area (Å²) < 4.78 is 0. The van der Waals surface area contributed by atoms with E-state index >= 15 is 0 Å². The van der Waals surface area contributed by atoms with Gasteiger partial charge in [0.15, 0.2) is 0 Å². The van der Waals surface area contributed by atoms with E-state index in [1.807, 2.05) is 0 Å². The Kier molecular flexibility index (Phi) is 6.55.